The molecule has 0 radical (unpaired) electrons. The van der Waals surface area contributed by atoms with Crippen LogP contribution in [0.1, 0.15) is 25.8 Å². The number of rotatable bonds is 11. The van der Waals surface area contributed by atoms with E-state index < -0.39 is 5.91 Å². The third kappa shape index (κ3) is 7.96. The first-order chi connectivity index (χ1) is 12.9. The minimum atomic E-state index is -0.418. The Balaban J connectivity index is 1.91. The van der Waals surface area contributed by atoms with Gasteiger partial charge < -0.3 is 16.0 Å². The number of thioether (sulfide) groups is 1. The lowest BCUT2D eigenvalue weighted by atomic mass is 10.2. The number of primary amides is 1. The summed E-state index contributed by atoms with van der Waals surface area (Å²) in [6.07, 6.45) is 0.144. The van der Waals surface area contributed by atoms with Gasteiger partial charge in [0.15, 0.2) is 4.34 Å². The summed E-state index contributed by atoms with van der Waals surface area (Å²) in [7, 11) is 0. The summed E-state index contributed by atoms with van der Waals surface area (Å²) in [5, 5.41) is 12.2. The zero-order chi connectivity index (χ0) is 19.6. The van der Waals surface area contributed by atoms with Crippen LogP contribution in [0.25, 0.3) is 0 Å². The number of anilines is 1. The van der Waals surface area contributed by atoms with Crippen molar-refractivity contribution >= 4 is 40.0 Å². The highest BCUT2D eigenvalue weighted by atomic mass is 32.2. The molecule has 0 spiro atoms. The van der Waals surface area contributed by atoms with Crippen LogP contribution in [0.2, 0.25) is 0 Å². The van der Waals surface area contributed by atoms with Gasteiger partial charge in [-0.25, -0.2) is 0 Å². The zero-order valence-corrected chi connectivity index (χ0v) is 17.2. The molecule has 1 heterocycles. The van der Waals surface area contributed by atoms with E-state index in [9.17, 15) is 9.59 Å². The molecule has 0 saturated carbocycles. The summed E-state index contributed by atoms with van der Waals surface area (Å²) in [5.74, 6) is 0.281. The first kappa shape index (κ1) is 21.2. The summed E-state index contributed by atoms with van der Waals surface area (Å²) in [4.78, 5) is 25.4. The van der Waals surface area contributed by atoms with Crippen LogP contribution in [0.15, 0.2) is 34.7 Å². The van der Waals surface area contributed by atoms with Crippen molar-refractivity contribution < 1.29 is 9.59 Å². The fraction of sp³-hybridized carbons (Fsp3) is 0.444. The van der Waals surface area contributed by atoms with Crippen molar-refractivity contribution in [2.45, 2.75) is 31.2 Å². The second-order valence-corrected chi connectivity index (χ2v) is 8.65. The van der Waals surface area contributed by atoms with E-state index in [1.165, 1.54) is 23.1 Å². The number of hydrogen-bond acceptors (Lipinski definition) is 7. The number of benzene rings is 1. The minimum Gasteiger partial charge on any atom is -0.370 e. The van der Waals surface area contributed by atoms with Crippen molar-refractivity contribution in [3.63, 3.8) is 0 Å². The van der Waals surface area contributed by atoms with Crippen molar-refractivity contribution in [3.8, 4) is 0 Å². The van der Waals surface area contributed by atoms with Crippen LogP contribution in [0, 0.1) is 5.92 Å². The molecule has 0 bridgehead atoms. The summed E-state index contributed by atoms with van der Waals surface area (Å²) < 4.78 is 0.740. The molecule has 0 aliphatic heterocycles. The maximum absolute atomic E-state index is 12.6. The molecule has 0 aliphatic rings. The van der Waals surface area contributed by atoms with Gasteiger partial charge in [0.05, 0.1) is 5.75 Å². The minimum absolute atomic E-state index is 0.0583. The molecule has 2 rings (SSSR count). The smallest absolute Gasteiger partial charge is 0.233 e. The molecule has 9 heteroatoms. The standard InChI is InChI=1S/C18H25N5O2S2/c1-13(2)10-20-17-21-22-18(27-17)26-12-16(25)23(9-8-15(19)24)11-14-6-4-3-5-7-14/h3-7,13H,8-12H2,1-2H3,(H2,19,24)(H,20,21). The Bertz CT molecular complexity index is 736. The fourth-order valence-corrected chi connectivity index (χ4v) is 3.85. The van der Waals surface area contributed by atoms with Gasteiger partial charge in [-0.05, 0) is 11.5 Å². The van der Waals surface area contributed by atoms with Gasteiger partial charge >= 0.3 is 0 Å². The molecule has 27 heavy (non-hydrogen) atoms. The van der Waals surface area contributed by atoms with Crippen LogP contribution in [-0.2, 0) is 16.1 Å². The van der Waals surface area contributed by atoms with Crippen LogP contribution in [0.5, 0.6) is 0 Å². The predicted octanol–water partition coefficient (Wildman–Crippen LogP) is 2.60. The van der Waals surface area contributed by atoms with Crippen molar-refractivity contribution in [2.24, 2.45) is 11.7 Å². The summed E-state index contributed by atoms with van der Waals surface area (Å²) in [5.41, 5.74) is 6.26. The van der Waals surface area contributed by atoms with Gasteiger partial charge in [-0.15, -0.1) is 10.2 Å². The number of nitrogens with zero attached hydrogens (tertiary/aromatic N) is 3. The molecule has 0 saturated heterocycles. The van der Waals surface area contributed by atoms with Crippen LogP contribution in [0.4, 0.5) is 5.13 Å². The first-order valence-corrected chi connectivity index (χ1v) is 10.5. The van der Waals surface area contributed by atoms with Crippen molar-refractivity contribution in [2.75, 3.05) is 24.2 Å². The topological polar surface area (TPSA) is 101 Å². The van der Waals surface area contributed by atoms with E-state index in [1.54, 1.807) is 4.90 Å². The normalized spacial score (nSPS) is 10.8. The number of carbonyl (C=O) groups is 2. The van der Waals surface area contributed by atoms with Gasteiger partial charge in [0.2, 0.25) is 16.9 Å². The summed E-state index contributed by atoms with van der Waals surface area (Å²) in [6.45, 7) is 5.83. The Hall–Kier alpha value is -2.13. The lowest BCUT2D eigenvalue weighted by molar-refractivity contribution is -0.129. The van der Waals surface area contributed by atoms with E-state index in [1.807, 2.05) is 30.3 Å². The SMILES string of the molecule is CC(C)CNc1nnc(SCC(=O)N(CCC(N)=O)Cc2ccccc2)s1. The van der Waals surface area contributed by atoms with Gasteiger partial charge in [-0.3, -0.25) is 9.59 Å². The highest BCUT2D eigenvalue weighted by Crippen LogP contribution is 2.26. The number of nitrogens with two attached hydrogens (primary N) is 1. The van der Waals surface area contributed by atoms with E-state index in [4.69, 9.17) is 5.73 Å². The fourth-order valence-electron chi connectivity index (χ4n) is 2.19. The molecule has 1 aromatic heterocycles. The summed E-state index contributed by atoms with van der Waals surface area (Å²) in [6, 6.07) is 9.68. The van der Waals surface area contributed by atoms with Gasteiger partial charge in [0.1, 0.15) is 0 Å². The molecule has 146 valence electrons. The van der Waals surface area contributed by atoms with Crippen molar-refractivity contribution in [3.05, 3.63) is 35.9 Å². The number of amides is 2. The van der Waals surface area contributed by atoms with Crippen molar-refractivity contribution in [1.29, 1.82) is 0 Å². The lowest BCUT2D eigenvalue weighted by Gasteiger charge is -2.22. The van der Waals surface area contributed by atoms with Crippen LogP contribution < -0.4 is 11.1 Å². The third-order valence-corrected chi connectivity index (χ3v) is 5.58. The lowest BCUT2D eigenvalue weighted by Crippen LogP contribution is -2.34. The van der Waals surface area contributed by atoms with Gasteiger partial charge in [0.25, 0.3) is 0 Å². The second-order valence-electron chi connectivity index (χ2n) is 6.45. The Morgan fingerprint density at radius 2 is 2.00 bits per heavy atom. The molecule has 0 atom stereocenters. The molecular formula is C18H25N5O2S2. The monoisotopic (exact) mass is 407 g/mol. The average molecular weight is 408 g/mol. The molecule has 7 nitrogen and oxygen atoms in total. The van der Waals surface area contributed by atoms with Gasteiger partial charge in [-0.1, -0.05) is 67.3 Å². The van der Waals surface area contributed by atoms with E-state index in [0.717, 1.165) is 21.6 Å². The Kier molecular flexibility index (Phi) is 8.53. The number of aromatic nitrogens is 2. The Morgan fingerprint density at radius 3 is 2.67 bits per heavy atom. The predicted molar refractivity (Wildman–Crippen MR) is 110 cm³/mol. The molecule has 2 amide bonds. The van der Waals surface area contributed by atoms with E-state index in [0.29, 0.717) is 19.0 Å². The number of nitrogens with one attached hydrogen (secondary N) is 1. The maximum atomic E-state index is 12.6. The number of carbonyl (C=O) groups excluding carboxylic acids is 2. The quantitative estimate of drug-likeness (QED) is 0.555. The maximum Gasteiger partial charge on any atom is 0.233 e. The van der Waals surface area contributed by atoms with Crippen LogP contribution in [0.3, 0.4) is 0 Å². The molecule has 3 N–H and O–H groups in total. The van der Waals surface area contributed by atoms with Crippen molar-refractivity contribution in [1.82, 2.24) is 15.1 Å². The molecule has 0 fully saturated rings. The van der Waals surface area contributed by atoms with E-state index in [-0.39, 0.29) is 18.1 Å². The van der Waals surface area contributed by atoms with E-state index in [2.05, 4.69) is 29.4 Å². The Morgan fingerprint density at radius 1 is 1.26 bits per heavy atom. The molecular weight excluding hydrogens is 382 g/mol. The molecule has 0 unspecified atom stereocenters. The second kappa shape index (κ2) is 10.9. The third-order valence-electron chi connectivity index (χ3n) is 3.58. The van der Waals surface area contributed by atoms with Gasteiger partial charge in [0, 0.05) is 26.1 Å². The first-order valence-electron chi connectivity index (χ1n) is 8.74. The number of hydrogen-bond donors (Lipinski definition) is 2. The highest BCUT2D eigenvalue weighted by molar-refractivity contribution is 8.01. The van der Waals surface area contributed by atoms with Gasteiger partial charge in [-0.2, -0.15) is 0 Å². The highest BCUT2D eigenvalue weighted by Gasteiger charge is 2.16. The largest absolute Gasteiger partial charge is 0.370 e. The Labute approximate surface area is 167 Å². The zero-order valence-electron chi connectivity index (χ0n) is 15.6. The molecule has 0 aliphatic carbocycles. The summed E-state index contributed by atoms with van der Waals surface area (Å²) >= 11 is 2.79. The molecule has 2 aromatic rings. The van der Waals surface area contributed by atoms with Crippen LogP contribution >= 0.6 is 23.1 Å². The molecule has 1 aromatic carbocycles. The van der Waals surface area contributed by atoms with E-state index >= 15 is 0 Å². The van der Waals surface area contributed by atoms with Crippen LogP contribution in [-0.4, -0.2) is 45.8 Å². The average Bonchev–Trinajstić information content (AvgIpc) is 3.10.